The van der Waals surface area contributed by atoms with Crippen molar-refractivity contribution in [2.24, 2.45) is 0 Å². The van der Waals surface area contributed by atoms with Crippen molar-refractivity contribution in [3.8, 4) is 17.1 Å². The van der Waals surface area contributed by atoms with Crippen LogP contribution in [0.5, 0.6) is 5.75 Å². The summed E-state index contributed by atoms with van der Waals surface area (Å²) in [5.74, 6) is 0.970. The molecule has 3 rings (SSSR count). The highest BCUT2D eigenvalue weighted by molar-refractivity contribution is 7.99. The lowest BCUT2D eigenvalue weighted by Gasteiger charge is -2.09. The molecule has 2 N–H and O–H groups in total. The van der Waals surface area contributed by atoms with Gasteiger partial charge in [0.05, 0.1) is 11.3 Å². The Balaban J connectivity index is 2.01. The largest absolute Gasteiger partial charge is 0.507 e. The van der Waals surface area contributed by atoms with Gasteiger partial charge in [-0.3, -0.25) is 4.79 Å². The summed E-state index contributed by atoms with van der Waals surface area (Å²) >= 11 is 1.32. The summed E-state index contributed by atoms with van der Waals surface area (Å²) in [6, 6.07) is 11.5. The van der Waals surface area contributed by atoms with Crippen molar-refractivity contribution >= 4 is 28.4 Å². The number of rotatable bonds is 5. The van der Waals surface area contributed by atoms with Gasteiger partial charge >= 0.3 is 0 Å². The molecular formula is C17H18N4O2S. The molecule has 0 radical (unpaired) electrons. The summed E-state index contributed by atoms with van der Waals surface area (Å²) in [5.41, 5.74) is 0.634. The van der Waals surface area contributed by atoms with Crippen molar-refractivity contribution in [3.63, 3.8) is 0 Å². The van der Waals surface area contributed by atoms with Gasteiger partial charge in [-0.25, -0.2) is 0 Å². The van der Waals surface area contributed by atoms with E-state index in [9.17, 15) is 9.90 Å². The van der Waals surface area contributed by atoms with Gasteiger partial charge in [0.25, 0.3) is 0 Å². The Bertz CT molecular complexity index is 891. The SMILES string of the molecule is CCn1c(SCC(=O)NC)nnc1-c1cc2ccccc2cc1O. The number of hydrogen-bond donors (Lipinski definition) is 2. The van der Waals surface area contributed by atoms with E-state index in [0.29, 0.717) is 23.1 Å². The third-order valence-corrected chi connectivity index (χ3v) is 4.72. The maximum atomic E-state index is 11.4. The first-order chi connectivity index (χ1) is 11.6. The molecule has 0 aliphatic rings. The van der Waals surface area contributed by atoms with Crippen LogP contribution in [0.15, 0.2) is 41.6 Å². The molecule has 3 aromatic rings. The zero-order chi connectivity index (χ0) is 17.1. The maximum Gasteiger partial charge on any atom is 0.230 e. The van der Waals surface area contributed by atoms with E-state index in [0.717, 1.165) is 10.8 Å². The van der Waals surface area contributed by atoms with E-state index in [1.54, 1.807) is 13.1 Å². The van der Waals surface area contributed by atoms with Crippen LogP contribution in [0.25, 0.3) is 22.2 Å². The van der Waals surface area contributed by atoms with Crippen LogP contribution in [0.4, 0.5) is 0 Å². The van der Waals surface area contributed by atoms with Crippen molar-refractivity contribution in [3.05, 3.63) is 36.4 Å². The zero-order valence-electron chi connectivity index (χ0n) is 13.5. The van der Waals surface area contributed by atoms with E-state index in [1.807, 2.05) is 41.8 Å². The lowest BCUT2D eigenvalue weighted by atomic mass is 10.1. The van der Waals surface area contributed by atoms with Crippen LogP contribution in [0, 0.1) is 0 Å². The number of amides is 1. The van der Waals surface area contributed by atoms with Gasteiger partial charge in [0, 0.05) is 13.6 Å². The average Bonchev–Trinajstić information content (AvgIpc) is 3.01. The van der Waals surface area contributed by atoms with Crippen LogP contribution in [-0.4, -0.2) is 38.6 Å². The number of hydrogen-bond acceptors (Lipinski definition) is 5. The second-order valence-corrected chi connectivity index (χ2v) is 6.17. The standard InChI is InChI=1S/C17H18N4O2S/c1-3-21-16(19-20-17(21)24-10-15(23)18-2)13-8-11-6-4-5-7-12(11)9-14(13)22/h4-9,22H,3,10H2,1-2H3,(H,18,23). The van der Waals surface area contributed by atoms with Crippen LogP contribution in [0.2, 0.25) is 0 Å². The molecule has 1 aromatic heterocycles. The molecule has 0 saturated heterocycles. The Morgan fingerprint density at radius 1 is 1.25 bits per heavy atom. The molecule has 0 atom stereocenters. The molecule has 2 aromatic carbocycles. The summed E-state index contributed by atoms with van der Waals surface area (Å²) < 4.78 is 1.90. The highest BCUT2D eigenvalue weighted by atomic mass is 32.2. The van der Waals surface area contributed by atoms with Crippen LogP contribution in [0.3, 0.4) is 0 Å². The van der Waals surface area contributed by atoms with Gasteiger partial charge in [0.2, 0.25) is 5.91 Å². The van der Waals surface area contributed by atoms with Crippen molar-refractivity contribution in [1.82, 2.24) is 20.1 Å². The summed E-state index contributed by atoms with van der Waals surface area (Å²) in [4.78, 5) is 11.4. The van der Waals surface area contributed by atoms with Crippen LogP contribution in [0.1, 0.15) is 6.92 Å². The molecule has 24 heavy (non-hydrogen) atoms. The minimum Gasteiger partial charge on any atom is -0.507 e. The predicted octanol–water partition coefficient (Wildman–Crippen LogP) is 2.66. The van der Waals surface area contributed by atoms with Gasteiger partial charge in [0.1, 0.15) is 5.75 Å². The Morgan fingerprint density at radius 3 is 2.62 bits per heavy atom. The number of thioether (sulfide) groups is 1. The highest BCUT2D eigenvalue weighted by Crippen LogP contribution is 2.34. The maximum absolute atomic E-state index is 11.4. The summed E-state index contributed by atoms with van der Waals surface area (Å²) in [6.45, 7) is 2.62. The number of carbonyl (C=O) groups is 1. The number of benzene rings is 2. The lowest BCUT2D eigenvalue weighted by Crippen LogP contribution is -2.20. The number of aromatic nitrogens is 3. The molecule has 0 fully saturated rings. The van der Waals surface area contributed by atoms with Crippen molar-refractivity contribution < 1.29 is 9.90 Å². The third kappa shape index (κ3) is 3.07. The zero-order valence-corrected chi connectivity index (χ0v) is 14.3. The van der Waals surface area contributed by atoms with E-state index in [2.05, 4.69) is 15.5 Å². The number of carbonyl (C=O) groups excluding carboxylic acids is 1. The monoisotopic (exact) mass is 342 g/mol. The molecule has 0 spiro atoms. The molecule has 0 aliphatic carbocycles. The van der Waals surface area contributed by atoms with Gasteiger partial charge in [-0.05, 0) is 29.8 Å². The number of nitrogens with zero attached hydrogens (tertiary/aromatic N) is 3. The average molecular weight is 342 g/mol. The highest BCUT2D eigenvalue weighted by Gasteiger charge is 2.17. The predicted molar refractivity (Wildman–Crippen MR) is 95.1 cm³/mol. The smallest absolute Gasteiger partial charge is 0.230 e. The molecular weight excluding hydrogens is 324 g/mol. The molecule has 0 saturated carbocycles. The number of nitrogens with one attached hydrogen (secondary N) is 1. The molecule has 7 heteroatoms. The van der Waals surface area contributed by atoms with Crippen LogP contribution >= 0.6 is 11.8 Å². The van der Waals surface area contributed by atoms with Crippen LogP contribution < -0.4 is 5.32 Å². The van der Waals surface area contributed by atoms with Gasteiger partial charge in [-0.2, -0.15) is 0 Å². The second kappa shape index (κ2) is 6.92. The topological polar surface area (TPSA) is 80.0 Å². The fraction of sp³-hybridized carbons (Fsp3) is 0.235. The molecule has 124 valence electrons. The summed E-state index contributed by atoms with van der Waals surface area (Å²) in [7, 11) is 1.60. The Hall–Kier alpha value is -2.54. The number of fused-ring (bicyclic) bond motifs is 1. The van der Waals surface area contributed by atoms with Crippen molar-refractivity contribution in [2.45, 2.75) is 18.6 Å². The quantitative estimate of drug-likeness (QED) is 0.697. The fourth-order valence-corrected chi connectivity index (χ4v) is 3.36. The van der Waals surface area contributed by atoms with Crippen molar-refractivity contribution in [1.29, 1.82) is 0 Å². The van der Waals surface area contributed by atoms with E-state index < -0.39 is 0 Å². The van der Waals surface area contributed by atoms with E-state index in [4.69, 9.17) is 0 Å². The van der Waals surface area contributed by atoms with E-state index in [-0.39, 0.29) is 17.4 Å². The van der Waals surface area contributed by atoms with E-state index in [1.165, 1.54) is 11.8 Å². The molecule has 1 amide bonds. The second-order valence-electron chi connectivity index (χ2n) is 5.23. The molecule has 1 heterocycles. The van der Waals surface area contributed by atoms with Crippen molar-refractivity contribution in [2.75, 3.05) is 12.8 Å². The van der Waals surface area contributed by atoms with Gasteiger partial charge in [-0.15, -0.1) is 10.2 Å². The Kier molecular flexibility index (Phi) is 4.71. The molecule has 0 aliphatic heterocycles. The van der Waals surface area contributed by atoms with Gasteiger partial charge in [-0.1, -0.05) is 36.0 Å². The third-order valence-electron chi connectivity index (χ3n) is 3.75. The Labute approximate surface area is 143 Å². The number of aromatic hydroxyl groups is 1. The molecule has 0 unspecified atom stereocenters. The molecule has 6 nitrogen and oxygen atoms in total. The number of phenolic OH excluding ortho intramolecular Hbond substituents is 1. The van der Waals surface area contributed by atoms with Gasteiger partial charge in [0.15, 0.2) is 11.0 Å². The number of phenols is 1. The van der Waals surface area contributed by atoms with Gasteiger partial charge < -0.3 is 15.0 Å². The lowest BCUT2D eigenvalue weighted by molar-refractivity contribution is -0.118. The summed E-state index contributed by atoms with van der Waals surface area (Å²) in [6.07, 6.45) is 0. The van der Waals surface area contributed by atoms with Crippen LogP contribution in [-0.2, 0) is 11.3 Å². The first-order valence-corrected chi connectivity index (χ1v) is 8.61. The fourth-order valence-electron chi connectivity index (χ4n) is 2.49. The first kappa shape index (κ1) is 16.3. The normalized spacial score (nSPS) is 10.9. The minimum atomic E-state index is -0.0687. The Morgan fingerprint density at radius 2 is 1.96 bits per heavy atom. The first-order valence-electron chi connectivity index (χ1n) is 7.62. The minimum absolute atomic E-state index is 0.0687. The molecule has 0 bridgehead atoms. The summed E-state index contributed by atoms with van der Waals surface area (Å²) in [5, 5.41) is 24.0. The van der Waals surface area contributed by atoms with E-state index >= 15 is 0 Å².